The summed E-state index contributed by atoms with van der Waals surface area (Å²) in [6.45, 7) is 6.07. The summed E-state index contributed by atoms with van der Waals surface area (Å²) in [7, 11) is -0.746. The van der Waals surface area contributed by atoms with Gasteiger partial charge < -0.3 is 9.80 Å². The van der Waals surface area contributed by atoms with Gasteiger partial charge in [-0.15, -0.1) is 0 Å². The molecule has 0 spiro atoms. The zero-order chi connectivity index (χ0) is 40.6. The molecule has 0 radical (unpaired) electrons. The lowest BCUT2D eigenvalue weighted by Gasteiger charge is -2.36. The summed E-state index contributed by atoms with van der Waals surface area (Å²) in [6.07, 6.45) is 0.627. The number of hydrogen-bond acceptors (Lipinski definition) is 6. The number of piperazine rings is 1. The predicted molar refractivity (Wildman–Crippen MR) is 233 cm³/mol. The third-order valence-corrected chi connectivity index (χ3v) is 12.3. The van der Waals surface area contributed by atoms with E-state index in [0.29, 0.717) is 17.7 Å². The third kappa shape index (κ3) is 9.31. The molecule has 9 nitrogen and oxygen atoms in total. The van der Waals surface area contributed by atoms with Crippen LogP contribution in [0.5, 0.6) is 0 Å². The summed E-state index contributed by atoms with van der Waals surface area (Å²) in [5, 5.41) is 0. The van der Waals surface area contributed by atoms with Crippen LogP contribution in [-0.4, -0.2) is 70.4 Å². The maximum absolute atomic E-state index is 13.9. The molecule has 7 rings (SSSR count). The molecule has 1 N–H and O–H groups in total. The lowest BCUT2D eigenvalue weighted by molar-refractivity contribution is 0.0981. The minimum absolute atomic E-state index is 0.0663. The molecular weight excluding hydrogens is 743 g/mol. The Labute approximate surface area is 342 Å². The van der Waals surface area contributed by atoms with Gasteiger partial charge in [-0.3, -0.25) is 14.6 Å². The minimum Gasteiger partial charge on any atom is -0.369 e. The van der Waals surface area contributed by atoms with Crippen LogP contribution in [0.2, 0.25) is 0 Å². The van der Waals surface area contributed by atoms with Crippen LogP contribution in [0.1, 0.15) is 38.7 Å². The Balaban J connectivity index is 0.956. The number of rotatable bonds is 12. The van der Waals surface area contributed by atoms with Crippen LogP contribution < -0.4 is 14.5 Å². The van der Waals surface area contributed by atoms with E-state index in [2.05, 4.69) is 63.1 Å². The van der Waals surface area contributed by atoms with Crippen molar-refractivity contribution in [2.24, 2.45) is 0 Å². The van der Waals surface area contributed by atoms with E-state index in [0.717, 1.165) is 49.5 Å². The zero-order valence-corrected chi connectivity index (χ0v) is 34.0. The van der Waals surface area contributed by atoms with E-state index in [1.54, 1.807) is 44.1 Å². The Morgan fingerprint density at radius 2 is 1.31 bits per heavy atom. The number of sulfonamides is 1. The highest BCUT2D eigenvalue weighted by atomic mass is 32.2. The van der Waals surface area contributed by atoms with E-state index in [-0.39, 0.29) is 22.5 Å². The van der Waals surface area contributed by atoms with E-state index in [9.17, 15) is 18.0 Å². The van der Waals surface area contributed by atoms with Crippen molar-refractivity contribution in [1.82, 2.24) is 14.5 Å². The molecule has 1 unspecified atom stereocenters. The number of amides is 3. The normalized spacial score (nSPS) is 13.7. The fourth-order valence-electron chi connectivity index (χ4n) is 7.66. The number of anilines is 2. The summed E-state index contributed by atoms with van der Waals surface area (Å²) >= 11 is 0. The van der Waals surface area contributed by atoms with Gasteiger partial charge in [-0.05, 0) is 89.2 Å². The molecule has 0 aliphatic carbocycles. The number of nitrogens with one attached hydrogen (secondary N) is 1. The predicted octanol–water partition coefficient (Wildman–Crippen LogP) is 8.57. The van der Waals surface area contributed by atoms with Crippen molar-refractivity contribution in [3.05, 3.63) is 186 Å². The third-order valence-electron chi connectivity index (χ3n) is 10.9. The van der Waals surface area contributed by atoms with Gasteiger partial charge in [-0.25, -0.2) is 17.9 Å². The van der Waals surface area contributed by atoms with Crippen LogP contribution in [0, 0.1) is 6.92 Å². The van der Waals surface area contributed by atoms with Crippen LogP contribution in [0.15, 0.2) is 163 Å². The SMILES string of the molecule is Cc1cc(S(=O)(=O)NC(=O)c2ccc(N3CCN(Cc4ccccc4-c4ccccc4)CC3)cc2)ccc1N(C)C(=O)N(C)C(Cc1ccccc1)c1ccccc1. The van der Waals surface area contributed by atoms with E-state index in [1.165, 1.54) is 33.7 Å². The first-order valence-corrected chi connectivity index (χ1v) is 21.0. The van der Waals surface area contributed by atoms with Crippen molar-refractivity contribution >= 4 is 33.3 Å². The largest absolute Gasteiger partial charge is 0.369 e. The number of likely N-dealkylation sites (N-methyl/N-ethyl adjacent to an activating group) is 1. The summed E-state index contributed by atoms with van der Waals surface area (Å²) in [4.78, 5) is 35.1. The standard InChI is InChI=1S/C48H49N5O4S/c1-36-33-43(27-28-45(36)50(2)48(55)51(3)46(39-19-11-6-12-20-39)34-37-15-7-4-8-16-37)58(56,57)49-47(54)40-23-25-42(26-24-40)53-31-29-52(30-32-53)35-41-21-13-14-22-44(41)38-17-9-5-10-18-38/h4-28,33,46H,29-32,34-35H2,1-3H3,(H,49,54). The van der Waals surface area contributed by atoms with Crippen molar-refractivity contribution in [3.63, 3.8) is 0 Å². The molecule has 3 amide bonds. The molecule has 296 valence electrons. The van der Waals surface area contributed by atoms with Gasteiger partial charge in [0.05, 0.1) is 10.9 Å². The highest BCUT2D eigenvalue weighted by molar-refractivity contribution is 7.90. The molecule has 1 saturated heterocycles. The average Bonchev–Trinajstić information content (AvgIpc) is 3.26. The van der Waals surface area contributed by atoms with Gasteiger partial charge in [0.1, 0.15) is 0 Å². The Hall–Kier alpha value is -6.23. The molecule has 0 aromatic heterocycles. The van der Waals surface area contributed by atoms with Crippen LogP contribution in [0.4, 0.5) is 16.2 Å². The first-order valence-electron chi connectivity index (χ1n) is 19.6. The highest BCUT2D eigenvalue weighted by Gasteiger charge is 2.27. The van der Waals surface area contributed by atoms with Crippen LogP contribution in [0.3, 0.4) is 0 Å². The first-order chi connectivity index (χ1) is 28.1. The fourth-order valence-corrected chi connectivity index (χ4v) is 8.72. The molecule has 10 heteroatoms. The number of aryl methyl sites for hydroxylation is 1. The first kappa shape index (κ1) is 40.0. The van der Waals surface area contributed by atoms with Crippen molar-refractivity contribution in [2.45, 2.75) is 30.8 Å². The van der Waals surface area contributed by atoms with Crippen molar-refractivity contribution in [3.8, 4) is 11.1 Å². The molecule has 1 heterocycles. The molecule has 1 aliphatic rings. The molecule has 1 fully saturated rings. The maximum Gasteiger partial charge on any atom is 0.324 e. The monoisotopic (exact) mass is 791 g/mol. The van der Waals surface area contributed by atoms with Gasteiger partial charge >= 0.3 is 6.03 Å². The van der Waals surface area contributed by atoms with Gasteiger partial charge in [0.15, 0.2) is 0 Å². The second-order valence-corrected chi connectivity index (χ2v) is 16.5. The number of carbonyl (C=O) groups excluding carboxylic acids is 2. The summed E-state index contributed by atoms with van der Waals surface area (Å²) in [5.41, 5.74) is 8.24. The molecule has 1 atom stereocenters. The smallest absolute Gasteiger partial charge is 0.324 e. The topological polar surface area (TPSA) is 93.3 Å². The van der Waals surface area contributed by atoms with Crippen LogP contribution in [-0.2, 0) is 23.0 Å². The van der Waals surface area contributed by atoms with E-state index < -0.39 is 15.9 Å². The highest BCUT2D eigenvalue weighted by Crippen LogP contribution is 2.29. The number of urea groups is 1. The van der Waals surface area contributed by atoms with E-state index in [1.807, 2.05) is 78.9 Å². The van der Waals surface area contributed by atoms with Crippen LogP contribution >= 0.6 is 0 Å². The van der Waals surface area contributed by atoms with Crippen molar-refractivity contribution in [2.75, 3.05) is 50.1 Å². The van der Waals surface area contributed by atoms with E-state index in [4.69, 9.17) is 0 Å². The Morgan fingerprint density at radius 1 is 0.707 bits per heavy atom. The second kappa shape index (κ2) is 17.9. The molecular formula is C48H49N5O4S. The Bertz CT molecular complexity index is 2440. The van der Waals surface area contributed by atoms with E-state index >= 15 is 0 Å². The van der Waals surface area contributed by atoms with Crippen molar-refractivity contribution in [1.29, 1.82) is 0 Å². The average molecular weight is 792 g/mol. The number of carbonyl (C=O) groups is 2. The van der Waals surface area contributed by atoms with Gasteiger partial charge in [-0.1, -0.05) is 115 Å². The second-order valence-electron chi connectivity index (χ2n) is 14.8. The molecule has 6 aromatic carbocycles. The summed E-state index contributed by atoms with van der Waals surface area (Å²) in [6, 6.07) is 50.1. The summed E-state index contributed by atoms with van der Waals surface area (Å²) < 4.78 is 29.1. The number of benzene rings is 6. The number of nitrogens with zero attached hydrogens (tertiary/aromatic N) is 4. The lowest BCUT2D eigenvalue weighted by atomic mass is 9.98. The summed E-state index contributed by atoms with van der Waals surface area (Å²) in [5.74, 6) is -0.713. The van der Waals surface area contributed by atoms with Crippen molar-refractivity contribution < 1.29 is 18.0 Å². The molecule has 0 saturated carbocycles. The van der Waals surface area contributed by atoms with Gasteiger partial charge in [-0.2, -0.15) is 0 Å². The Kier molecular flexibility index (Phi) is 12.4. The van der Waals surface area contributed by atoms with Gasteiger partial charge in [0, 0.05) is 63.8 Å². The maximum atomic E-state index is 13.9. The fraction of sp³-hybridized carbons (Fsp3) is 0.208. The lowest BCUT2D eigenvalue weighted by Crippen LogP contribution is -2.46. The molecule has 58 heavy (non-hydrogen) atoms. The molecule has 6 aromatic rings. The molecule has 0 bridgehead atoms. The minimum atomic E-state index is -4.21. The Morgan fingerprint density at radius 3 is 1.97 bits per heavy atom. The zero-order valence-electron chi connectivity index (χ0n) is 33.2. The number of hydrogen-bond donors (Lipinski definition) is 1. The van der Waals surface area contributed by atoms with Gasteiger partial charge in [0.2, 0.25) is 0 Å². The quantitative estimate of drug-likeness (QED) is 0.134. The van der Waals surface area contributed by atoms with Gasteiger partial charge in [0.25, 0.3) is 15.9 Å². The van der Waals surface area contributed by atoms with Crippen LogP contribution in [0.25, 0.3) is 11.1 Å². The molecule has 1 aliphatic heterocycles.